The number of hydrogen-bond donors (Lipinski definition) is 2. The van der Waals surface area contributed by atoms with Gasteiger partial charge < -0.3 is 15.9 Å². The fourth-order valence-corrected chi connectivity index (χ4v) is 1.83. The van der Waals surface area contributed by atoms with Crippen molar-refractivity contribution in [1.82, 2.24) is 0 Å². The van der Waals surface area contributed by atoms with Gasteiger partial charge in [0.2, 0.25) is 5.78 Å². The fraction of sp³-hybridized carbons (Fsp3) is 0.400. The van der Waals surface area contributed by atoms with Crippen molar-refractivity contribution in [2.45, 2.75) is 33.3 Å². The smallest absolute Gasteiger partial charge is 0.315 e. The zero-order chi connectivity index (χ0) is 16.2. The van der Waals surface area contributed by atoms with Crippen molar-refractivity contribution >= 4 is 23.2 Å². The first-order chi connectivity index (χ1) is 9.79. The second kappa shape index (κ2) is 6.97. The largest absolute Gasteiger partial charge is 0.462 e. The number of halogens is 1. The van der Waals surface area contributed by atoms with Crippen molar-refractivity contribution in [2.75, 3.05) is 5.73 Å². The summed E-state index contributed by atoms with van der Waals surface area (Å²) in [6.07, 6.45) is -0.126. The van der Waals surface area contributed by atoms with Crippen LogP contribution < -0.4 is 5.73 Å². The van der Waals surface area contributed by atoms with E-state index in [9.17, 15) is 14.0 Å². The number of carbonyl (C=O) groups excluding carboxylic acids is 2. The maximum atomic E-state index is 13.8. The summed E-state index contributed by atoms with van der Waals surface area (Å²) in [7, 11) is 0. The zero-order valence-corrected chi connectivity index (χ0v) is 12.3. The maximum Gasteiger partial charge on any atom is 0.315 e. The minimum Gasteiger partial charge on any atom is -0.462 e. The number of benzene rings is 1. The van der Waals surface area contributed by atoms with Crippen molar-refractivity contribution in [2.24, 2.45) is 5.92 Å². The third-order valence-corrected chi connectivity index (χ3v) is 2.91. The molecule has 0 heterocycles. The van der Waals surface area contributed by atoms with Crippen molar-refractivity contribution in [3.8, 4) is 0 Å². The molecule has 0 bridgehead atoms. The Bertz CT molecular complexity index is 570. The molecule has 1 atom stereocenters. The first-order valence-corrected chi connectivity index (χ1v) is 6.67. The van der Waals surface area contributed by atoms with Crippen LogP contribution in [0.15, 0.2) is 18.2 Å². The molecule has 5 nitrogen and oxygen atoms in total. The van der Waals surface area contributed by atoms with Crippen molar-refractivity contribution in [3.05, 3.63) is 29.6 Å². The minimum absolute atomic E-state index is 0.175. The number of nitrogens with one attached hydrogen (secondary N) is 1. The molecule has 0 spiro atoms. The molecule has 0 fully saturated rings. The quantitative estimate of drug-likeness (QED) is 0.365. The van der Waals surface area contributed by atoms with Gasteiger partial charge in [-0.1, -0.05) is 13.0 Å². The Labute approximate surface area is 122 Å². The Morgan fingerprint density at radius 1 is 1.38 bits per heavy atom. The average molecular weight is 294 g/mol. The van der Waals surface area contributed by atoms with Gasteiger partial charge in [-0.15, -0.1) is 0 Å². The molecule has 0 aliphatic rings. The number of carbonyl (C=O) groups is 2. The van der Waals surface area contributed by atoms with E-state index in [1.165, 1.54) is 18.2 Å². The van der Waals surface area contributed by atoms with Crippen LogP contribution in [0.2, 0.25) is 0 Å². The van der Waals surface area contributed by atoms with Crippen molar-refractivity contribution in [1.29, 1.82) is 5.41 Å². The lowest BCUT2D eigenvalue weighted by Gasteiger charge is -2.17. The Morgan fingerprint density at radius 3 is 2.52 bits per heavy atom. The highest BCUT2D eigenvalue weighted by Gasteiger charge is 2.30. The molecule has 1 rings (SSSR count). The van der Waals surface area contributed by atoms with E-state index in [1.54, 1.807) is 20.8 Å². The number of ether oxygens (including phenoxy) is 1. The van der Waals surface area contributed by atoms with Gasteiger partial charge in [-0.3, -0.25) is 9.59 Å². The molecule has 0 radical (unpaired) electrons. The highest BCUT2D eigenvalue weighted by Crippen LogP contribution is 2.19. The van der Waals surface area contributed by atoms with Crippen LogP contribution in [0, 0.1) is 17.1 Å². The van der Waals surface area contributed by atoms with Gasteiger partial charge in [-0.05, 0) is 32.4 Å². The molecule has 0 saturated carbocycles. The summed E-state index contributed by atoms with van der Waals surface area (Å²) in [6, 6.07) is 3.98. The lowest BCUT2D eigenvalue weighted by molar-refractivity contribution is -0.149. The molecule has 114 valence electrons. The SMILES string of the molecule is CC[C@@H](C(=N)C(=O)c1cccc(N)c1F)C(=O)OC(C)C. The van der Waals surface area contributed by atoms with E-state index in [2.05, 4.69) is 0 Å². The van der Waals surface area contributed by atoms with E-state index < -0.39 is 29.2 Å². The molecular weight excluding hydrogens is 275 g/mol. The monoisotopic (exact) mass is 294 g/mol. The number of Topliss-reactive ketones (excluding diaryl/α,β-unsaturated/α-hetero) is 1. The average Bonchev–Trinajstić information content (AvgIpc) is 2.41. The Hall–Kier alpha value is -2.24. The Balaban J connectivity index is 3.02. The van der Waals surface area contributed by atoms with Gasteiger partial charge in [0.25, 0.3) is 0 Å². The first-order valence-electron chi connectivity index (χ1n) is 6.67. The van der Waals surface area contributed by atoms with Gasteiger partial charge >= 0.3 is 5.97 Å². The number of rotatable bonds is 6. The highest BCUT2D eigenvalue weighted by molar-refractivity contribution is 6.48. The van der Waals surface area contributed by atoms with Gasteiger partial charge in [0.1, 0.15) is 5.92 Å². The second-order valence-electron chi connectivity index (χ2n) is 4.90. The summed E-state index contributed by atoms with van der Waals surface area (Å²) < 4.78 is 18.8. The third kappa shape index (κ3) is 3.87. The Morgan fingerprint density at radius 2 is 2.00 bits per heavy atom. The molecule has 0 unspecified atom stereocenters. The van der Waals surface area contributed by atoms with Crippen LogP contribution in [0.3, 0.4) is 0 Å². The minimum atomic E-state index is -1.01. The van der Waals surface area contributed by atoms with E-state index >= 15 is 0 Å². The summed E-state index contributed by atoms with van der Waals surface area (Å²) in [5.74, 6) is -3.40. The standard InChI is InChI=1S/C15H19FN2O3/c1-4-9(15(20)21-8(2)3)13(18)14(19)10-6-5-7-11(17)12(10)16/h5-9,18H,4,17H2,1-3H3/t9-/m0/s1. The zero-order valence-electron chi connectivity index (χ0n) is 12.3. The number of hydrogen-bond acceptors (Lipinski definition) is 5. The van der Waals surface area contributed by atoms with E-state index in [1.807, 2.05) is 0 Å². The molecule has 0 aliphatic heterocycles. The maximum absolute atomic E-state index is 13.8. The molecule has 3 N–H and O–H groups in total. The van der Waals surface area contributed by atoms with Crippen LogP contribution in [0.4, 0.5) is 10.1 Å². The normalized spacial score (nSPS) is 12.0. The topological polar surface area (TPSA) is 93.2 Å². The molecule has 0 aliphatic carbocycles. The van der Waals surface area contributed by atoms with Gasteiger partial charge in [0.05, 0.1) is 23.1 Å². The summed E-state index contributed by atoms with van der Waals surface area (Å²) in [5.41, 5.74) is 4.43. The lowest BCUT2D eigenvalue weighted by atomic mass is 9.93. The van der Waals surface area contributed by atoms with E-state index in [4.69, 9.17) is 15.9 Å². The van der Waals surface area contributed by atoms with E-state index in [0.29, 0.717) is 0 Å². The number of esters is 1. The molecule has 0 aromatic heterocycles. The predicted octanol–water partition coefficient (Wildman–Crippen LogP) is 2.59. The van der Waals surface area contributed by atoms with E-state index in [0.717, 1.165) is 0 Å². The number of nitrogens with two attached hydrogens (primary N) is 1. The molecular formula is C15H19FN2O3. The molecule has 0 saturated heterocycles. The van der Waals surface area contributed by atoms with Crippen LogP contribution in [-0.2, 0) is 9.53 Å². The van der Waals surface area contributed by atoms with Crippen LogP contribution in [0.1, 0.15) is 37.6 Å². The fourth-order valence-electron chi connectivity index (χ4n) is 1.83. The third-order valence-electron chi connectivity index (χ3n) is 2.91. The predicted molar refractivity (Wildman–Crippen MR) is 77.9 cm³/mol. The number of nitrogen functional groups attached to an aromatic ring is 1. The van der Waals surface area contributed by atoms with Gasteiger partial charge in [0.15, 0.2) is 5.82 Å². The molecule has 6 heteroatoms. The van der Waals surface area contributed by atoms with Gasteiger partial charge in [-0.25, -0.2) is 4.39 Å². The van der Waals surface area contributed by atoms with Crippen LogP contribution in [0.25, 0.3) is 0 Å². The van der Waals surface area contributed by atoms with Gasteiger partial charge in [0, 0.05) is 0 Å². The van der Waals surface area contributed by atoms with Crippen LogP contribution in [0.5, 0.6) is 0 Å². The molecule has 0 amide bonds. The van der Waals surface area contributed by atoms with Crippen LogP contribution in [-0.4, -0.2) is 23.6 Å². The lowest BCUT2D eigenvalue weighted by Crippen LogP contribution is -2.32. The van der Waals surface area contributed by atoms with Crippen molar-refractivity contribution in [3.63, 3.8) is 0 Å². The van der Waals surface area contributed by atoms with E-state index in [-0.39, 0.29) is 23.8 Å². The summed E-state index contributed by atoms with van der Waals surface area (Å²) in [6.45, 7) is 5.00. The first kappa shape index (κ1) is 16.8. The molecule has 1 aromatic carbocycles. The van der Waals surface area contributed by atoms with Crippen molar-refractivity contribution < 1.29 is 18.7 Å². The highest BCUT2D eigenvalue weighted by atomic mass is 19.1. The summed E-state index contributed by atoms with van der Waals surface area (Å²) in [5, 5.41) is 7.87. The van der Waals surface area contributed by atoms with Gasteiger partial charge in [-0.2, -0.15) is 0 Å². The van der Waals surface area contributed by atoms with Crippen LogP contribution >= 0.6 is 0 Å². The summed E-state index contributed by atoms with van der Waals surface area (Å²) in [4.78, 5) is 24.1. The number of anilines is 1. The second-order valence-corrected chi connectivity index (χ2v) is 4.90. The Kier molecular flexibility index (Phi) is 5.58. The summed E-state index contributed by atoms with van der Waals surface area (Å²) >= 11 is 0. The molecule has 21 heavy (non-hydrogen) atoms. The molecule has 1 aromatic rings. The number of ketones is 1.